The first-order valence-corrected chi connectivity index (χ1v) is 17.2. The van der Waals surface area contributed by atoms with Gasteiger partial charge in [-0.3, -0.25) is 9.59 Å². The number of fused-ring (bicyclic) bond motifs is 1. The molecular formula is C36H44N8O6. The first-order valence-electron chi connectivity index (χ1n) is 17.2. The minimum Gasteiger partial charge on any atom is -0.453 e. The Morgan fingerprint density at radius 1 is 0.780 bits per heavy atom. The Morgan fingerprint density at radius 2 is 1.32 bits per heavy atom. The molecule has 4 N–H and O–H groups in total. The van der Waals surface area contributed by atoms with E-state index < -0.39 is 24.3 Å². The van der Waals surface area contributed by atoms with E-state index in [9.17, 15) is 19.2 Å². The number of hydrogen-bond acceptors (Lipinski definition) is 8. The van der Waals surface area contributed by atoms with Crippen molar-refractivity contribution in [1.29, 1.82) is 0 Å². The van der Waals surface area contributed by atoms with Crippen LogP contribution in [0.5, 0.6) is 0 Å². The number of nitrogens with zero attached hydrogens (tertiary/aromatic N) is 4. The molecule has 4 heterocycles. The van der Waals surface area contributed by atoms with Gasteiger partial charge in [0.15, 0.2) is 0 Å². The number of likely N-dealkylation sites (tertiary alicyclic amines) is 2. The fourth-order valence-electron chi connectivity index (χ4n) is 6.97. The van der Waals surface area contributed by atoms with E-state index in [0.717, 1.165) is 70.7 Å². The number of alkyl carbamates (subject to hydrolysis) is 2. The molecule has 0 aliphatic carbocycles. The van der Waals surface area contributed by atoms with Crippen molar-refractivity contribution < 1.29 is 28.7 Å². The van der Waals surface area contributed by atoms with Crippen LogP contribution >= 0.6 is 0 Å². The predicted molar refractivity (Wildman–Crippen MR) is 186 cm³/mol. The molecule has 0 unspecified atom stereocenters. The minimum absolute atomic E-state index is 0.141. The van der Waals surface area contributed by atoms with E-state index in [4.69, 9.17) is 14.5 Å². The highest BCUT2D eigenvalue weighted by Gasteiger charge is 2.37. The third-order valence-corrected chi connectivity index (χ3v) is 9.70. The average Bonchev–Trinajstić information content (AvgIpc) is 3.97. The van der Waals surface area contributed by atoms with Gasteiger partial charge in [-0.15, -0.1) is 0 Å². The maximum absolute atomic E-state index is 13.4. The Morgan fingerprint density at radius 3 is 1.88 bits per heavy atom. The maximum atomic E-state index is 13.4. The molecule has 2 saturated heterocycles. The van der Waals surface area contributed by atoms with Crippen LogP contribution < -0.4 is 10.6 Å². The van der Waals surface area contributed by atoms with Crippen molar-refractivity contribution in [3.8, 4) is 22.4 Å². The third-order valence-electron chi connectivity index (χ3n) is 9.70. The van der Waals surface area contributed by atoms with Gasteiger partial charge >= 0.3 is 12.2 Å². The van der Waals surface area contributed by atoms with Crippen LogP contribution in [-0.4, -0.2) is 93.1 Å². The molecule has 0 bridgehead atoms. The molecule has 50 heavy (non-hydrogen) atoms. The molecule has 4 aromatic rings. The molecule has 2 aliphatic heterocycles. The van der Waals surface area contributed by atoms with Crippen molar-refractivity contribution in [2.24, 2.45) is 0 Å². The lowest BCUT2D eigenvalue weighted by Gasteiger charge is -2.27. The number of H-pyrrole nitrogens is 2. The summed E-state index contributed by atoms with van der Waals surface area (Å²) < 4.78 is 9.41. The van der Waals surface area contributed by atoms with E-state index in [1.54, 1.807) is 16.0 Å². The molecular weight excluding hydrogens is 640 g/mol. The summed E-state index contributed by atoms with van der Waals surface area (Å²) in [7, 11) is 2.56. The molecule has 4 atom stereocenters. The Balaban J connectivity index is 1.15. The van der Waals surface area contributed by atoms with E-state index in [2.05, 4.69) is 43.8 Å². The number of hydrogen-bond donors (Lipinski definition) is 4. The second-order valence-electron chi connectivity index (χ2n) is 12.7. The summed E-state index contributed by atoms with van der Waals surface area (Å²) in [5, 5.41) is 5.28. The van der Waals surface area contributed by atoms with Crippen molar-refractivity contribution in [3.05, 3.63) is 60.3 Å². The van der Waals surface area contributed by atoms with E-state index in [1.807, 2.05) is 38.1 Å². The van der Waals surface area contributed by atoms with Crippen LogP contribution in [0.4, 0.5) is 9.59 Å². The molecule has 0 saturated carbocycles. The number of carbonyl (C=O) groups excluding carboxylic acids is 4. The zero-order valence-corrected chi connectivity index (χ0v) is 28.8. The van der Waals surface area contributed by atoms with Crippen molar-refractivity contribution in [3.63, 3.8) is 0 Å². The molecule has 4 amide bonds. The third kappa shape index (κ3) is 7.00. The Labute approximate surface area is 290 Å². The number of nitrogens with one attached hydrogen (secondary N) is 4. The van der Waals surface area contributed by atoms with Gasteiger partial charge < -0.3 is 39.9 Å². The smallest absolute Gasteiger partial charge is 0.407 e. The summed E-state index contributed by atoms with van der Waals surface area (Å²) in [5.41, 5.74) is 5.55. The fourth-order valence-corrected chi connectivity index (χ4v) is 6.97. The van der Waals surface area contributed by atoms with Crippen LogP contribution in [-0.2, 0) is 19.1 Å². The van der Waals surface area contributed by atoms with Gasteiger partial charge in [0, 0.05) is 13.1 Å². The molecule has 0 spiro atoms. The molecule has 2 aromatic carbocycles. The van der Waals surface area contributed by atoms with Crippen molar-refractivity contribution in [2.75, 3.05) is 27.3 Å². The number of amides is 4. The average molecular weight is 685 g/mol. The monoisotopic (exact) mass is 684 g/mol. The van der Waals surface area contributed by atoms with Gasteiger partial charge in [0.05, 0.1) is 49.2 Å². The standard InChI is InChI=1S/C36H44N8O6/c1-5-24(41-35(47)49-3)33(45)43-17-7-9-29(43)31-37-20-28(40-31)22-13-11-21(12-14-22)23-15-16-26-27(19-23)39-32(38-26)30-10-8-18-44(30)34(46)25(6-2)42-36(48)50-4/h11-16,19-20,24-25,29-30H,5-10,17-18H2,1-4H3,(H,37,40)(H,38,39)(H,41,47)(H,42,48)/t24-,25-,29-,30-/m0/s1. The van der Waals surface area contributed by atoms with Crippen molar-refractivity contribution in [1.82, 2.24) is 40.4 Å². The number of aromatic nitrogens is 4. The summed E-state index contributed by atoms with van der Waals surface area (Å²) in [6.45, 7) is 4.91. The van der Waals surface area contributed by atoms with Crippen LogP contribution in [0.25, 0.3) is 33.4 Å². The highest BCUT2D eigenvalue weighted by atomic mass is 16.5. The molecule has 2 aliphatic rings. The maximum Gasteiger partial charge on any atom is 0.407 e. The predicted octanol–water partition coefficient (Wildman–Crippen LogP) is 5.22. The molecule has 2 fully saturated rings. The molecule has 6 rings (SSSR count). The molecule has 2 aromatic heterocycles. The number of methoxy groups -OCH3 is 2. The summed E-state index contributed by atoms with van der Waals surface area (Å²) in [5.74, 6) is 1.17. The molecule has 14 heteroatoms. The zero-order chi connectivity index (χ0) is 35.4. The first-order chi connectivity index (χ1) is 24.2. The molecule has 14 nitrogen and oxygen atoms in total. The number of carbonyl (C=O) groups is 4. The lowest BCUT2D eigenvalue weighted by molar-refractivity contribution is -0.135. The van der Waals surface area contributed by atoms with Gasteiger partial charge in [0.2, 0.25) is 11.8 Å². The lowest BCUT2D eigenvalue weighted by Crippen LogP contribution is -2.48. The highest BCUT2D eigenvalue weighted by molar-refractivity contribution is 5.87. The van der Waals surface area contributed by atoms with Crippen LogP contribution in [0.15, 0.2) is 48.7 Å². The van der Waals surface area contributed by atoms with Gasteiger partial charge in [0.25, 0.3) is 0 Å². The number of imidazole rings is 2. The highest BCUT2D eigenvalue weighted by Crippen LogP contribution is 2.35. The van der Waals surface area contributed by atoms with E-state index in [1.165, 1.54) is 14.2 Å². The SMILES string of the molecule is CC[C@H](NC(=O)OC)C(=O)N1CCC[C@H]1c1ncc(-c2ccc(-c3ccc4nc([C@@H]5CCCN5C(=O)[C@H](CC)NC(=O)OC)[nH]c4c3)cc2)[nH]1. The quantitative estimate of drug-likeness (QED) is 0.176. The number of benzene rings is 2. The van der Waals surface area contributed by atoms with Crippen LogP contribution in [0, 0.1) is 0 Å². The van der Waals surface area contributed by atoms with Gasteiger partial charge in [-0.25, -0.2) is 19.6 Å². The summed E-state index contributed by atoms with van der Waals surface area (Å²) in [6.07, 6.45) is 4.72. The van der Waals surface area contributed by atoms with Crippen LogP contribution in [0.3, 0.4) is 0 Å². The number of aromatic amines is 2. The van der Waals surface area contributed by atoms with E-state index in [-0.39, 0.29) is 23.9 Å². The fraction of sp³-hybridized carbons (Fsp3) is 0.444. The molecule has 264 valence electrons. The van der Waals surface area contributed by atoms with Crippen molar-refractivity contribution in [2.45, 2.75) is 76.5 Å². The molecule has 0 radical (unpaired) electrons. The second kappa shape index (κ2) is 15.0. The topological polar surface area (TPSA) is 175 Å². The van der Waals surface area contributed by atoms with Crippen LogP contribution in [0.1, 0.15) is 76.1 Å². The zero-order valence-electron chi connectivity index (χ0n) is 28.8. The Kier molecular flexibility index (Phi) is 10.3. The first kappa shape index (κ1) is 34.5. The van der Waals surface area contributed by atoms with Gasteiger partial charge in [-0.05, 0) is 67.3 Å². The Bertz CT molecular complexity index is 1850. The largest absolute Gasteiger partial charge is 0.453 e. The minimum atomic E-state index is -0.660. The summed E-state index contributed by atoms with van der Waals surface area (Å²) in [4.78, 5) is 70.2. The number of rotatable bonds is 10. The van der Waals surface area contributed by atoms with Gasteiger partial charge in [0.1, 0.15) is 23.7 Å². The summed E-state index contributed by atoms with van der Waals surface area (Å²) >= 11 is 0. The summed E-state index contributed by atoms with van der Waals surface area (Å²) in [6, 6.07) is 12.5. The second-order valence-corrected chi connectivity index (χ2v) is 12.7. The van der Waals surface area contributed by atoms with E-state index >= 15 is 0 Å². The Hall–Kier alpha value is -5.40. The van der Waals surface area contributed by atoms with Gasteiger partial charge in [-0.1, -0.05) is 44.2 Å². The van der Waals surface area contributed by atoms with E-state index in [0.29, 0.717) is 25.9 Å². The lowest BCUT2D eigenvalue weighted by atomic mass is 10.0. The number of ether oxygens (including phenoxy) is 2. The normalized spacial score (nSPS) is 18.6. The van der Waals surface area contributed by atoms with Crippen LogP contribution in [0.2, 0.25) is 0 Å². The van der Waals surface area contributed by atoms with Crippen molar-refractivity contribution >= 4 is 35.0 Å². The van der Waals surface area contributed by atoms with Gasteiger partial charge in [-0.2, -0.15) is 0 Å².